The van der Waals surface area contributed by atoms with Crippen LogP contribution in [0.3, 0.4) is 0 Å². The molecule has 12 aromatic rings. The molecule has 0 spiro atoms. The molecule has 24 nitrogen and oxygen atoms in total. The van der Waals surface area contributed by atoms with E-state index >= 15 is 0 Å². The van der Waals surface area contributed by atoms with E-state index in [1.807, 2.05) is 186 Å². The molecule has 6 aromatic heterocycles. The number of rotatable bonds is 19. The van der Waals surface area contributed by atoms with Gasteiger partial charge in [0.15, 0.2) is 18.3 Å². The number of fused-ring (bicyclic) bond motifs is 3. The number of hydrogen-bond acceptors (Lipinski definition) is 26. The summed E-state index contributed by atoms with van der Waals surface area (Å²) in [4.78, 5) is 90.3. The lowest BCUT2D eigenvalue weighted by atomic mass is 9.91. The van der Waals surface area contributed by atoms with Crippen LogP contribution in [0, 0.1) is 20.8 Å². The van der Waals surface area contributed by atoms with E-state index < -0.39 is 53.0 Å². The van der Waals surface area contributed by atoms with Crippen molar-refractivity contribution in [1.82, 2.24) is 54.7 Å². The molecule has 4 aliphatic heterocycles. The predicted octanol–water partition coefficient (Wildman–Crippen LogP) is 18.8. The molecule has 4 saturated heterocycles. The second-order valence-electron chi connectivity index (χ2n) is 32.4. The van der Waals surface area contributed by atoms with E-state index in [1.54, 1.807) is 36.0 Å². The minimum Gasteiger partial charge on any atom is -0.479 e. The number of benzene rings is 6. The zero-order valence-corrected chi connectivity index (χ0v) is 74.0. The Bertz CT molecular complexity index is 5700. The molecule has 1 N–H and O–H groups in total. The molecule has 4 fully saturated rings. The Morgan fingerprint density at radius 1 is 0.429 bits per heavy atom. The van der Waals surface area contributed by atoms with Crippen molar-refractivity contribution in [3.05, 3.63) is 182 Å². The summed E-state index contributed by atoms with van der Waals surface area (Å²) >= 11 is 29.2. The third-order valence-electron chi connectivity index (χ3n) is 20.5. The van der Waals surface area contributed by atoms with E-state index in [0.29, 0.717) is 55.3 Å². The number of hydrogen-bond donors (Lipinski definition) is 1. The molecule has 3 atom stereocenters. The normalized spacial score (nSPS) is 16.0. The van der Waals surface area contributed by atoms with Crippen molar-refractivity contribution >= 4 is 141 Å². The molecule has 0 saturated carbocycles. The lowest BCUT2D eigenvalue weighted by molar-refractivity contribution is -0.164. The largest absolute Gasteiger partial charge is 0.479 e. The van der Waals surface area contributed by atoms with Crippen LogP contribution < -0.4 is 9.80 Å². The van der Waals surface area contributed by atoms with Crippen LogP contribution in [0.2, 0.25) is 20.4 Å². The van der Waals surface area contributed by atoms with E-state index in [9.17, 15) is 19.5 Å². The second kappa shape index (κ2) is 36.4. The van der Waals surface area contributed by atoms with Crippen molar-refractivity contribution in [3.63, 3.8) is 0 Å². The van der Waals surface area contributed by atoms with Gasteiger partial charge in [-0.3, -0.25) is 9.80 Å². The van der Waals surface area contributed by atoms with Crippen molar-refractivity contribution in [1.29, 1.82) is 0 Å². The highest BCUT2D eigenvalue weighted by atomic mass is 35.5. The maximum absolute atomic E-state index is 13.2. The first-order valence-corrected chi connectivity index (χ1v) is 43.0. The number of piperazine rings is 2. The molecule has 0 bridgehead atoms. The summed E-state index contributed by atoms with van der Waals surface area (Å²) in [5.74, 6) is -0.573. The standard InChI is InChI=1S/C32H36ClN5O4S.C31H34ClN5O4S.C25H23Cl2N3O3S/c1-19-16-24-28(26(20-6-8-21(33)9-7-20)25(19)27(30(39)40-5)42-32(2,3)4)43-29(35-24)23-10-11-34-31(36-23)38-14-12-37(13-15-38)22-17-41-18-22;1-18-15-23-27(25(19-5-7-20(32)8-6-19)24(18)26(29(38)39)41-31(2,3)4)42-28(34-23)22-9-10-33-30(35-22)37-13-11-36(12-14-37)21-16-40-17-21;1-13-12-17-21(34-22(29-17)16-10-11-28-24(27)30-16)19(14-6-8-15(26)9-7-14)18(13)20(23(31)32-5)33-25(2,3)4/h6-11,16,22,27H,12-15,17-18H2,1-5H3;5-10,15,21,26H,11-14,16-17H2,1-4H3,(H,38,39);6-12,20H,1-5H3/t27-;26-;20-/m000/s1. The highest BCUT2D eigenvalue weighted by molar-refractivity contribution is 7.23. The van der Waals surface area contributed by atoms with Crippen molar-refractivity contribution in [2.45, 2.75) is 130 Å². The Morgan fingerprint density at radius 3 is 1.02 bits per heavy atom. The summed E-state index contributed by atoms with van der Waals surface area (Å²) in [7, 11) is 2.75. The number of esters is 2. The zero-order chi connectivity index (χ0) is 84.5. The van der Waals surface area contributed by atoms with Crippen LogP contribution >= 0.6 is 80.4 Å². The summed E-state index contributed by atoms with van der Waals surface area (Å²) in [6.45, 7) is 33.5. The Morgan fingerprint density at radius 2 is 0.731 bits per heavy atom. The van der Waals surface area contributed by atoms with Crippen LogP contribution in [-0.4, -0.2) is 200 Å². The van der Waals surface area contributed by atoms with E-state index in [4.69, 9.17) is 104 Å². The Hall–Kier alpha value is -8.88. The molecule has 16 rings (SSSR count). The Kier molecular flexibility index (Phi) is 26.5. The van der Waals surface area contributed by atoms with Gasteiger partial charge in [-0.1, -0.05) is 71.2 Å². The van der Waals surface area contributed by atoms with Crippen LogP contribution in [0.25, 0.3) is 96.1 Å². The van der Waals surface area contributed by atoms with Crippen molar-refractivity contribution in [2.24, 2.45) is 0 Å². The maximum Gasteiger partial charge on any atom is 0.339 e. The van der Waals surface area contributed by atoms with Crippen molar-refractivity contribution in [3.8, 4) is 65.5 Å². The fourth-order valence-corrected chi connectivity index (χ4v) is 18.6. The molecule has 4 aliphatic rings. The van der Waals surface area contributed by atoms with Gasteiger partial charge in [-0.25, -0.2) is 59.2 Å². The van der Waals surface area contributed by atoms with Gasteiger partial charge in [0, 0.05) is 119 Å². The number of carboxylic acids is 1. The monoisotopic (exact) mass is 1740 g/mol. The molecular weight excluding hydrogens is 1650 g/mol. The van der Waals surface area contributed by atoms with Gasteiger partial charge in [0.1, 0.15) is 32.1 Å². The summed E-state index contributed by atoms with van der Waals surface area (Å²) in [6.07, 6.45) is 2.15. The Balaban J connectivity index is 0.000000148. The fraction of sp³-hybridized carbons (Fsp3) is 0.386. The number of methoxy groups -OCH3 is 2. The van der Waals surface area contributed by atoms with Crippen LogP contribution in [-0.2, 0) is 47.5 Å². The topological polar surface area (TPSA) is 265 Å². The van der Waals surface area contributed by atoms with E-state index in [1.165, 1.54) is 36.9 Å². The number of halogens is 4. The number of ether oxygens (including phenoxy) is 7. The molecule has 31 heteroatoms. The van der Waals surface area contributed by atoms with E-state index in [-0.39, 0.29) is 5.28 Å². The number of aliphatic carboxylic acids is 1. The molecule has 0 radical (unpaired) electrons. The van der Waals surface area contributed by atoms with Gasteiger partial charge in [-0.2, -0.15) is 0 Å². The first kappa shape index (κ1) is 86.5. The number of anilines is 2. The molecule has 0 unspecified atom stereocenters. The van der Waals surface area contributed by atoms with Crippen LogP contribution in [0.4, 0.5) is 11.9 Å². The third kappa shape index (κ3) is 20.0. The number of carbonyl (C=O) groups excluding carboxylic acids is 2. The van der Waals surface area contributed by atoms with Crippen LogP contribution in [0.1, 0.15) is 114 Å². The minimum atomic E-state index is -1.17. The highest BCUT2D eigenvalue weighted by Crippen LogP contribution is 2.49. The van der Waals surface area contributed by atoms with Gasteiger partial charge in [-0.05, 0) is 201 Å². The molecule has 622 valence electrons. The third-order valence-corrected chi connectivity index (χ3v) is 24.7. The predicted molar refractivity (Wildman–Crippen MR) is 472 cm³/mol. The number of aryl methyl sites for hydroxylation is 3. The van der Waals surface area contributed by atoms with Gasteiger partial charge in [0.25, 0.3) is 0 Å². The zero-order valence-electron chi connectivity index (χ0n) is 68.6. The smallest absolute Gasteiger partial charge is 0.339 e. The van der Waals surface area contributed by atoms with Gasteiger partial charge in [0.2, 0.25) is 17.2 Å². The van der Waals surface area contributed by atoms with E-state index in [2.05, 4.69) is 39.5 Å². The molecule has 6 aromatic carbocycles. The molecular formula is C88H93Cl4N13O11S3. The highest BCUT2D eigenvalue weighted by Gasteiger charge is 2.39. The number of carbonyl (C=O) groups is 3. The fourth-order valence-electron chi connectivity index (χ4n) is 14.8. The van der Waals surface area contributed by atoms with E-state index in [0.717, 1.165) is 192 Å². The number of carboxylic acid groups (broad SMARTS) is 1. The molecule has 10 heterocycles. The molecule has 119 heavy (non-hydrogen) atoms. The SMILES string of the molecule is COC(=O)[C@@H](OC(C)(C)C)c1c(C)cc2nc(-c3ccnc(Cl)n3)sc2c1-c1ccc(Cl)cc1.COC(=O)[C@@H](OC(C)(C)C)c1c(C)cc2nc(-c3ccnc(N4CCN(C5COC5)CC4)n3)sc2c1-c1ccc(Cl)cc1.Cc1cc2nc(-c3ccnc(N4CCN(C5COC5)CC4)n3)sc2c(-c2ccc(Cl)cc2)c1[C@H](OC(C)(C)C)C(=O)O. The summed E-state index contributed by atoms with van der Waals surface area (Å²) in [5.41, 5.74) is 12.4. The van der Waals surface area contributed by atoms with Gasteiger partial charge >= 0.3 is 17.9 Å². The van der Waals surface area contributed by atoms with Gasteiger partial charge < -0.3 is 48.1 Å². The summed E-state index contributed by atoms with van der Waals surface area (Å²) < 4.78 is 42.5. The summed E-state index contributed by atoms with van der Waals surface area (Å²) in [5, 5.41) is 14.5. The second-order valence-corrected chi connectivity index (χ2v) is 37.1. The first-order valence-electron chi connectivity index (χ1n) is 39.1. The quantitative estimate of drug-likeness (QED) is 0.0582. The van der Waals surface area contributed by atoms with Gasteiger partial charge in [0.05, 0.1) is 100 Å². The average molecular weight is 1750 g/mol. The van der Waals surface area contributed by atoms with Crippen LogP contribution in [0.5, 0.6) is 0 Å². The van der Waals surface area contributed by atoms with Crippen molar-refractivity contribution < 1.29 is 52.6 Å². The minimum absolute atomic E-state index is 0.149. The number of nitrogens with zero attached hydrogens (tertiary/aromatic N) is 13. The maximum atomic E-state index is 13.2. The number of aromatic nitrogens is 9. The van der Waals surface area contributed by atoms with Crippen molar-refractivity contribution in [2.75, 3.05) is 103 Å². The lowest BCUT2D eigenvalue weighted by Crippen LogP contribution is -2.56. The summed E-state index contributed by atoms with van der Waals surface area (Å²) in [6, 6.07) is 35.1. The number of thiazole rings is 3. The molecule has 0 amide bonds. The van der Waals surface area contributed by atoms with Crippen LogP contribution in [0.15, 0.2) is 128 Å². The first-order chi connectivity index (χ1) is 56.7. The lowest BCUT2D eigenvalue weighted by Gasteiger charge is -2.42. The average Bonchev–Trinajstić information content (AvgIpc) is 1.65. The van der Waals surface area contributed by atoms with Gasteiger partial charge in [-0.15, -0.1) is 34.0 Å². The molecule has 0 aliphatic carbocycles. The Labute approximate surface area is 723 Å².